The summed E-state index contributed by atoms with van der Waals surface area (Å²) in [5.74, 6) is 0.343. The SMILES string of the molecule is Cc1ccccc1-c1nnc(S[C@@H](C)C(=O)Nc2ccc(N(C)C)cc2)o1. The van der Waals surface area contributed by atoms with E-state index >= 15 is 0 Å². The summed E-state index contributed by atoms with van der Waals surface area (Å²) in [5.41, 5.74) is 3.79. The van der Waals surface area contributed by atoms with Crippen LogP contribution in [-0.4, -0.2) is 35.4 Å². The molecule has 0 saturated carbocycles. The molecule has 0 unspecified atom stereocenters. The summed E-state index contributed by atoms with van der Waals surface area (Å²) in [6.07, 6.45) is 0. The van der Waals surface area contributed by atoms with Gasteiger partial charge < -0.3 is 14.6 Å². The number of aryl methyl sites for hydroxylation is 1. The fraction of sp³-hybridized carbons (Fsp3) is 0.250. The molecule has 1 aromatic heterocycles. The van der Waals surface area contributed by atoms with E-state index < -0.39 is 0 Å². The predicted octanol–water partition coefficient (Wildman–Crippen LogP) is 4.23. The summed E-state index contributed by atoms with van der Waals surface area (Å²) in [7, 11) is 3.95. The second kappa shape index (κ2) is 8.26. The number of benzene rings is 2. The largest absolute Gasteiger partial charge is 0.411 e. The molecular formula is C20H22N4O2S. The van der Waals surface area contributed by atoms with E-state index in [4.69, 9.17) is 4.42 Å². The average molecular weight is 382 g/mol. The van der Waals surface area contributed by atoms with Crippen molar-refractivity contribution in [2.24, 2.45) is 0 Å². The molecule has 0 aliphatic rings. The number of carbonyl (C=O) groups is 1. The number of hydrogen-bond donors (Lipinski definition) is 1. The Bertz CT molecular complexity index is 922. The van der Waals surface area contributed by atoms with Crippen molar-refractivity contribution in [1.29, 1.82) is 0 Å². The van der Waals surface area contributed by atoms with Crippen molar-refractivity contribution < 1.29 is 9.21 Å². The van der Waals surface area contributed by atoms with Gasteiger partial charge in [0.1, 0.15) is 0 Å². The number of rotatable bonds is 6. The molecule has 6 nitrogen and oxygen atoms in total. The lowest BCUT2D eigenvalue weighted by atomic mass is 10.1. The van der Waals surface area contributed by atoms with Gasteiger partial charge in [0.2, 0.25) is 11.8 Å². The molecule has 1 N–H and O–H groups in total. The molecule has 0 fully saturated rings. The molecule has 2 aromatic carbocycles. The maximum absolute atomic E-state index is 12.4. The van der Waals surface area contributed by atoms with Crippen molar-refractivity contribution in [3.8, 4) is 11.5 Å². The van der Waals surface area contributed by atoms with Crippen LogP contribution in [0.25, 0.3) is 11.5 Å². The highest BCUT2D eigenvalue weighted by Gasteiger charge is 2.19. The molecule has 0 aliphatic heterocycles. The topological polar surface area (TPSA) is 71.3 Å². The second-order valence-electron chi connectivity index (χ2n) is 6.38. The van der Waals surface area contributed by atoms with Crippen LogP contribution in [-0.2, 0) is 4.79 Å². The maximum Gasteiger partial charge on any atom is 0.277 e. The first-order chi connectivity index (χ1) is 12.9. The van der Waals surface area contributed by atoms with E-state index in [-0.39, 0.29) is 11.2 Å². The summed E-state index contributed by atoms with van der Waals surface area (Å²) in [5, 5.41) is 11.1. The van der Waals surface area contributed by atoms with Crippen molar-refractivity contribution in [2.75, 3.05) is 24.3 Å². The van der Waals surface area contributed by atoms with E-state index in [1.54, 1.807) is 0 Å². The third kappa shape index (κ3) is 4.68. The first kappa shape index (κ1) is 19.0. The van der Waals surface area contributed by atoms with Gasteiger partial charge in [-0.05, 0) is 49.7 Å². The van der Waals surface area contributed by atoms with Crippen molar-refractivity contribution in [2.45, 2.75) is 24.3 Å². The fourth-order valence-electron chi connectivity index (χ4n) is 2.47. The Morgan fingerprint density at radius 3 is 2.48 bits per heavy atom. The molecule has 0 spiro atoms. The highest BCUT2D eigenvalue weighted by atomic mass is 32.2. The van der Waals surface area contributed by atoms with Gasteiger partial charge in [0.05, 0.1) is 5.25 Å². The number of nitrogens with zero attached hydrogens (tertiary/aromatic N) is 3. The molecule has 0 saturated heterocycles. The van der Waals surface area contributed by atoms with Gasteiger partial charge >= 0.3 is 0 Å². The van der Waals surface area contributed by atoms with Crippen LogP contribution in [0.1, 0.15) is 12.5 Å². The van der Waals surface area contributed by atoms with Crippen molar-refractivity contribution in [3.63, 3.8) is 0 Å². The van der Waals surface area contributed by atoms with E-state index in [1.807, 2.05) is 81.4 Å². The van der Waals surface area contributed by atoms with E-state index in [1.165, 1.54) is 11.8 Å². The van der Waals surface area contributed by atoms with E-state index in [2.05, 4.69) is 15.5 Å². The van der Waals surface area contributed by atoms with Crippen LogP contribution in [0, 0.1) is 6.92 Å². The third-order valence-electron chi connectivity index (χ3n) is 4.08. The first-order valence-corrected chi connectivity index (χ1v) is 9.46. The number of anilines is 2. The third-order valence-corrected chi connectivity index (χ3v) is 5.01. The van der Waals surface area contributed by atoms with Gasteiger partial charge in [-0.25, -0.2) is 0 Å². The highest BCUT2D eigenvalue weighted by Crippen LogP contribution is 2.28. The zero-order valence-corrected chi connectivity index (χ0v) is 16.6. The minimum absolute atomic E-state index is 0.117. The lowest BCUT2D eigenvalue weighted by Gasteiger charge is -2.14. The summed E-state index contributed by atoms with van der Waals surface area (Å²) in [4.78, 5) is 14.4. The van der Waals surface area contributed by atoms with Crippen LogP contribution < -0.4 is 10.2 Å². The van der Waals surface area contributed by atoms with Gasteiger partial charge in [-0.1, -0.05) is 30.0 Å². The quantitative estimate of drug-likeness (QED) is 0.643. The summed E-state index contributed by atoms with van der Waals surface area (Å²) >= 11 is 1.24. The van der Waals surface area contributed by atoms with Crippen LogP contribution in [0.15, 0.2) is 58.2 Å². The molecule has 140 valence electrons. The zero-order chi connectivity index (χ0) is 19.4. The van der Waals surface area contributed by atoms with E-state index in [0.29, 0.717) is 11.1 Å². The Kier molecular flexibility index (Phi) is 5.81. The molecule has 7 heteroatoms. The molecule has 3 rings (SSSR count). The number of hydrogen-bond acceptors (Lipinski definition) is 6. The van der Waals surface area contributed by atoms with E-state index in [0.717, 1.165) is 22.5 Å². The Labute approximate surface area is 163 Å². The molecule has 1 amide bonds. The minimum Gasteiger partial charge on any atom is -0.411 e. The Morgan fingerprint density at radius 2 is 1.81 bits per heavy atom. The van der Waals surface area contributed by atoms with Crippen LogP contribution in [0.4, 0.5) is 11.4 Å². The van der Waals surface area contributed by atoms with Gasteiger partial charge in [-0.3, -0.25) is 4.79 Å². The lowest BCUT2D eigenvalue weighted by Crippen LogP contribution is -2.22. The summed E-state index contributed by atoms with van der Waals surface area (Å²) < 4.78 is 5.72. The molecule has 1 heterocycles. The smallest absolute Gasteiger partial charge is 0.277 e. The minimum atomic E-state index is -0.372. The molecule has 3 aromatic rings. The fourth-order valence-corrected chi connectivity index (χ4v) is 3.15. The van der Waals surface area contributed by atoms with Gasteiger partial charge in [0.15, 0.2) is 0 Å². The van der Waals surface area contributed by atoms with Gasteiger partial charge in [0, 0.05) is 31.0 Å². The summed E-state index contributed by atoms with van der Waals surface area (Å²) in [6, 6.07) is 15.5. The van der Waals surface area contributed by atoms with Crippen LogP contribution in [0.2, 0.25) is 0 Å². The molecule has 0 radical (unpaired) electrons. The summed E-state index contributed by atoms with van der Waals surface area (Å²) in [6.45, 7) is 3.80. The Balaban J connectivity index is 1.62. The van der Waals surface area contributed by atoms with E-state index in [9.17, 15) is 4.79 Å². The number of aromatic nitrogens is 2. The van der Waals surface area contributed by atoms with Crippen LogP contribution >= 0.6 is 11.8 Å². The van der Waals surface area contributed by atoms with Crippen LogP contribution in [0.5, 0.6) is 0 Å². The zero-order valence-electron chi connectivity index (χ0n) is 15.8. The van der Waals surface area contributed by atoms with Crippen LogP contribution in [0.3, 0.4) is 0 Å². The van der Waals surface area contributed by atoms with Crippen molar-refractivity contribution >= 4 is 29.0 Å². The number of thioether (sulfide) groups is 1. The van der Waals surface area contributed by atoms with Gasteiger partial charge in [0.25, 0.3) is 5.22 Å². The molecular weight excluding hydrogens is 360 g/mol. The Morgan fingerprint density at radius 1 is 1.11 bits per heavy atom. The molecule has 0 aliphatic carbocycles. The molecule has 1 atom stereocenters. The number of nitrogens with one attached hydrogen (secondary N) is 1. The average Bonchev–Trinajstić information content (AvgIpc) is 3.10. The molecule has 0 bridgehead atoms. The standard InChI is InChI=1S/C20H22N4O2S/c1-13-7-5-6-8-17(13)19-22-23-20(26-19)27-14(2)18(25)21-15-9-11-16(12-10-15)24(3)4/h5-12,14H,1-4H3,(H,21,25)/t14-/m0/s1. The first-order valence-electron chi connectivity index (χ1n) is 8.58. The predicted molar refractivity (Wildman–Crippen MR) is 109 cm³/mol. The second-order valence-corrected chi connectivity index (χ2v) is 7.67. The maximum atomic E-state index is 12.4. The monoisotopic (exact) mass is 382 g/mol. The highest BCUT2D eigenvalue weighted by molar-refractivity contribution is 8.00. The lowest BCUT2D eigenvalue weighted by molar-refractivity contribution is -0.115. The van der Waals surface area contributed by atoms with Gasteiger partial charge in [-0.2, -0.15) is 0 Å². The Hall–Kier alpha value is -2.80. The van der Waals surface area contributed by atoms with Crippen molar-refractivity contribution in [1.82, 2.24) is 10.2 Å². The van der Waals surface area contributed by atoms with Crippen molar-refractivity contribution in [3.05, 3.63) is 54.1 Å². The van der Waals surface area contributed by atoms with Gasteiger partial charge in [-0.15, -0.1) is 10.2 Å². The normalized spacial score (nSPS) is 11.9. The number of carbonyl (C=O) groups excluding carboxylic acids is 1. The molecule has 27 heavy (non-hydrogen) atoms. The number of amides is 1.